The Labute approximate surface area is 181 Å². The molecular weight excluding hydrogens is 398 g/mol. The Morgan fingerprint density at radius 1 is 1.10 bits per heavy atom. The van der Waals surface area contributed by atoms with Crippen LogP contribution in [0.25, 0.3) is 0 Å². The average molecular weight is 424 g/mol. The number of hydrogen-bond acceptors (Lipinski definition) is 4. The molecule has 1 aliphatic rings. The number of thiocarbonyl (C=S) groups is 1. The minimum Gasteiger partial charge on any atom is -0.463 e. The number of nitrogens with zero attached hydrogens (tertiary/aromatic N) is 1. The van der Waals surface area contributed by atoms with Crippen molar-refractivity contribution >= 4 is 34.9 Å². The third-order valence-corrected chi connectivity index (χ3v) is 5.28. The zero-order valence-electron chi connectivity index (χ0n) is 17.3. The highest BCUT2D eigenvalue weighted by Gasteiger charge is 2.34. The molecule has 0 saturated carbocycles. The van der Waals surface area contributed by atoms with Crippen molar-refractivity contribution in [1.29, 1.82) is 0 Å². The number of amides is 1. The van der Waals surface area contributed by atoms with Crippen LogP contribution in [0.1, 0.15) is 42.7 Å². The summed E-state index contributed by atoms with van der Waals surface area (Å²) >= 11 is 5.49. The van der Waals surface area contributed by atoms with E-state index in [0.29, 0.717) is 35.1 Å². The van der Waals surface area contributed by atoms with E-state index in [9.17, 15) is 9.59 Å². The molecule has 6 nitrogen and oxygen atoms in total. The van der Waals surface area contributed by atoms with E-state index in [-0.39, 0.29) is 11.9 Å². The molecule has 2 aromatic rings. The Hall–Kier alpha value is -3.19. The summed E-state index contributed by atoms with van der Waals surface area (Å²) in [5.41, 5.74) is 3.43. The van der Waals surface area contributed by atoms with E-state index in [1.807, 2.05) is 61.2 Å². The van der Waals surface area contributed by atoms with Gasteiger partial charge in [0.05, 0.1) is 18.2 Å². The van der Waals surface area contributed by atoms with Gasteiger partial charge in [0.2, 0.25) is 0 Å². The first-order valence-electron chi connectivity index (χ1n) is 9.88. The van der Waals surface area contributed by atoms with Crippen molar-refractivity contribution in [2.75, 3.05) is 18.5 Å². The van der Waals surface area contributed by atoms with E-state index in [2.05, 4.69) is 10.6 Å². The normalized spacial score (nSPS) is 16.2. The van der Waals surface area contributed by atoms with Crippen LogP contribution in [0.3, 0.4) is 0 Å². The van der Waals surface area contributed by atoms with Gasteiger partial charge < -0.3 is 20.3 Å². The van der Waals surface area contributed by atoms with Crippen LogP contribution >= 0.6 is 12.2 Å². The fourth-order valence-corrected chi connectivity index (χ4v) is 3.82. The number of allylic oxidation sites excluding steroid dienone is 1. The molecule has 156 valence electrons. The molecule has 7 heteroatoms. The van der Waals surface area contributed by atoms with Crippen LogP contribution in [0.15, 0.2) is 65.9 Å². The lowest BCUT2D eigenvalue weighted by Crippen LogP contribution is -2.47. The van der Waals surface area contributed by atoms with E-state index < -0.39 is 6.04 Å². The van der Waals surface area contributed by atoms with Gasteiger partial charge in [0.1, 0.15) is 0 Å². The molecule has 1 amide bonds. The number of hydrogen-bond donors (Lipinski definition) is 2. The Morgan fingerprint density at radius 2 is 1.77 bits per heavy atom. The summed E-state index contributed by atoms with van der Waals surface area (Å²) in [5, 5.41) is 6.69. The van der Waals surface area contributed by atoms with Gasteiger partial charge in [-0.25, -0.2) is 4.79 Å². The van der Waals surface area contributed by atoms with Gasteiger partial charge >= 0.3 is 5.97 Å². The number of rotatable bonds is 6. The van der Waals surface area contributed by atoms with Crippen LogP contribution in [-0.4, -0.2) is 35.0 Å². The van der Waals surface area contributed by atoms with E-state index in [0.717, 1.165) is 11.3 Å². The van der Waals surface area contributed by atoms with Crippen LogP contribution < -0.4 is 10.6 Å². The number of ether oxygens (including phenoxy) is 1. The number of nitrogens with one attached hydrogen (secondary N) is 2. The lowest BCUT2D eigenvalue weighted by Gasteiger charge is -2.37. The summed E-state index contributed by atoms with van der Waals surface area (Å²) in [7, 11) is 0. The first-order chi connectivity index (χ1) is 14.5. The molecule has 1 aliphatic heterocycles. The molecule has 0 radical (unpaired) electrons. The van der Waals surface area contributed by atoms with Crippen molar-refractivity contribution in [2.24, 2.45) is 0 Å². The molecule has 2 N–H and O–H groups in total. The van der Waals surface area contributed by atoms with Gasteiger partial charge in [-0.1, -0.05) is 30.3 Å². The SMILES string of the molecule is CCOC(=O)C1=C(C)N(CC)C(=S)NC1c1ccc(NC(=O)c2ccccc2)cc1. The molecule has 1 heterocycles. The minimum absolute atomic E-state index is 0.179. The summed E-state index contributed by atoms with van der Waals surface area (Å²) in [6, 6.07) is 16.0. The fraction of sp³-hybridized carbons (Fsp3) is 0.261. The maximum Gasteiger partial charge on any atom is 0.338 e. The second-order valence-corrected chi connectivity index (χ2v) is 7.18. The number of esters is 1. The van der Waals surface area contributed by atoms with Gasteiger partial charge in [-0.05, 0) is 62.8 Å². The summed E-state index contributed by atoms with van der Waals surface area (Å²) in [6.45, 7) is 6.59. The maximum atomic E-state index is 12.7. The summed E-state index contributed by atoms with van der Waals surface area (Å²) in [4.78, 5) is 26.9. The monoisotopic (exact) mass is 423 g/mol. The molecule has 0 saturated heterocycles. The van der Waals surface area contributed by atoms with E-state index in [1.165, 1.54) is 0 Å². The second kappa shape index (κ2) is 9.54. The molecule has 3 rings (SSSR count). The first-order valence-corrected chi connectivity index (χ1v) is 10.3. The number of benzene rings is 2. The van der Waals surface area contributed by atoms with Crippen LogP contribution in [0.4, 0.5) is 5.69 Å². The smallest absolute Gasteiger partial charge is 0.338 e. The predicted molar refractivity (Wildman–Crippen MR) is 121 cm³/mol. The van der Waals surface area contributed by atoms with Gasteiger partial charge in [-0.15, -0.1) is 0 Å². The first kappa shape index (κ1) is 21.5. The van der Waals surface area contributed by atoms with Crippen molar-refractivity contribution in [3.63, 3.8) is 0 Å². The van der Waals surface area contributed by atoms with E-state index in [4.69, 9.17) is 17.0 Å². The van der Waals surface area contributed by atoms with Crippen LogP contribution in [0.2, 0.25) is 0 Å². The highest BCUT2D eigenvalue weighted by atomic mass is 32.1. The Balaban J connectivity index is 1.86. The molecule has 1 unspecified atom stereocenters. The molecule has 0 bridgehead atoms. The summed E-state index contributed by atoms with van der Waals surface area (Å²) in [6.07, 6.45) is 0. The van der Waals surface area contributed by atoms with Crippen LogP contribution in [0, 0.1) is 0 Å². The van der Waals surface area contributed by atoms with Crippen molar-refractivity contribution in [2.45, 2.75) is 26.8 Å². The third-order valence-electron chi connectivity index (χ3n) is 4.95. The Bertz CT molecular complexity index is 971. The Kier molecular flexibility index (Phi) is 6.84. The summed E-state index contributed by atoms with van der Waals surface area (Å²) < 4.78 is 5.29. The molecule has 2 aromatic carbocycles. The van der Waals surface area contributed by atoms with Gasteiger partial charge in [0, 0.05) is 23.5 Å². The van der Waals surface area contributed by atoms with Crippen molar-refractivity contribution in [3.8, 4) is 0 Å². The standard InChI is InChI=1S/C23H25N3O3S/c1-4-26-15(3)19(22(28)29-5-2)20(25-23(26)30)16-11-13-18(14-12-16)24-21(27)17-9-7-6-8-10-17/h6-14,20H,4-5H2,1-3H3,(H,24,27)(H,25,30). The third kappa shape index (κ3) is 4.52. The highest BCUT2D eigenvalue weighted by molar-refractivity contribution is 7.80. The van der Waals surface area contributed by atoms with Gasteiger partial charge in [0.15, 0.2) is 5.11 Å². The molecule has 0 spiro atoms. The quantitative estimate of drug-likeness (QED) is 0.540. The minimum atomic E-state index is -0.418. The highest BCUT2D eigenvalue weighted by Crippen LogP contribution is 2.32. The Morgan fingerprint density at radius 3 is 2.37 bits per heavy atom. The molecule has 1 atom stereocenters. The predicted octanol–water partition coefficient (Wildman–Crippen LogP) is 4.03. The zero-order valence-corrected chi connectivity index (χ0v) is 18.1. The number of carbonyl (C=O) groups is 2. The second-order valence-electron chi connectivity index (χ2n) is 6.79. The lowest BCUT2D eigenvalue weighted by molar-refractivity contribution is -0.139. The van der Waals surface area contributed by atoms with Gasteiger partial charge in [-0.3, -0.25) is 4.79 Å². The van der Waals surface area contributed by atoms with Crippen LogP contribution in [-0.2, 0) is 9.53 Å². The molecular formula is C23H25N3O3S. The number of anilines is 1. The van der Waals surface area contributed by atoms with Crippen molar-refractivity contribution < 1.29 is 14.3 Å². The van der Waals surface area contributed by atoms with Crippen molar-refractivity contribution in [1.82, 2.24) is 10.2 Å². The average Bonchev–Trinajstić information content (AvgIpc) is 2.75. The largest absolute Gasteiger partial charge is 0.463 e. The van der Waals surface area contributed by atoms with E-state index in [1.54, 1.807) is 19.1 Å². The van der Waals surface area contributed by atoms with E-state index >= 15 is 0 Å². The summed E-state index contributed by atoms with van der Waals surface area (Å²) in [5.74, 6) is -0.545. The van der Waals surface area contributed by atoms with Crippen LogP contribution in [0.5, 0.6) is 0 Å². The number of carbonyl (C=O) groups excluding carboxylic acids is 2. The fourth-order valence-electron chi connectivity index (χ4n) is 3.44. The molecule has 0 aromatic heterocycles. The van der Waals surface area contributed by atoms with Crippen molar-refractivity contribution in [3.05, 3.63) is 77.0 Å². The van der Waals surface area contributed by atoms with Gasteiger partial charge in [-0.2, -0.15) is 0 Å². The van der Waals surface area contributed by atoms with Gasteiger partial charge in [0.25, 0.3) is 5.91 Å². The molecule has 30 heavy (non-hydrogen) atoms. The maximum absolute atomic E-state index is 12.7. The lowest BCUT2D eigenvalue weighted by atomic mass is 9.95. The zero-order chi connectivity index (χ0) is 21.7. The molecule has 0 fully saturated rings. The molecule has 0 aliphatic carbocycles. The topological polar surface area (TPSA) is 70.7 Å².